The van der Waals surface area contributed by atoms with Crippen LogP contribution in [0.1, 0.15) is 11.6 Å². The highest BCUT2D eigenvalue weighted by molar-refractivity contribution is 5.19. The Labute approximate surface area is 54.3 Å². The number of hydrogen-bond donors (Lipinski definition) is 2. The third-order valence-electron chi connectivity index (χ3n) is 1.31. The van der Waals surface area contributed by atoms with E-state index in [2.05, 4.69) is 0 Å². The topological polar surface area (TPSA) is 46.2 Å². The molecule has 1 aromatic rings. The molecule has 9 heavy (non-hydrogen) atoms. The van der Waals surface area contributed by atoms with Gasteiger partial charge < -0.3 is 10.8 Å². The highest BCUT2D eigenvalue weighted by Crippen LogP contribution is 2.08. The van der Waals surface area contributed by atoms with E-state index in [4.69, 9.17) is 10.8 Å². The lowest BCUT2D eigenvalue weighted by molar-refractivity contribution is 0.268. The van der Waals surface area contributed by atoms with Gasteiger partial charge in [-0.1, -0.05) is 0 Å². The molecule has 2 nitrogen and oxygen atoms in total. The Morgan fingerprint density at radius 2 is 2.56 bits per heavy atom. The summed E-state index contributed by atoms with van der Waals surface area (Å²) in [6.07, 6.45) is 0. The lowest BCUT2D eigenvalue weighted by Gasteiger charge is -2.08. The Hall–Kier alpha value is -0.730. The van der Waals surface area contributed by atoms with Crippen LogP contribution < -0.4 is 5.73 Å². The zero-order valence-corrected chi connectivity index (χ0v) is 5.12. The zero-order chi connectivity index (χ0) is 6.69. The van der Waals surface area contributed by atoms with Gasteiger partial charge in [0.2, 0.25) is 0 Å². The molecule has 0 aliphatic heterocycles. The van der Waals surface area contributed by atoms with Crippen molar-refractivity contribution in [2.24, 2.45) is 5.73 Å². The van der Waals surface area contributed by atoms with Crippen molar-refractivity contribution in [1.29, 1.82) is 0 Å². The van der Waals surface area contributed by atoms with Crippen molar-refractivity contribution in [3.05, 3.63) is 29.8 Å². The third kappa shape index (κ3) is 1.34. The fraction of sp³-hybridized carbons (Fsp3) is 0.286. The molecule has 3 N–H and O–H groups in total. The Morgan fingerprint density at radius 3 is 3.00 bits per heavy atom. The number of hydrogen-bond acceptors (Lipinski definition) is 2. The van der Waals surface area contributed by atoms with E-state index < -0.39 is 0 Å². The minimum absolute atomic E-state index is 0.0179. The van der Waals surface area contributed by atoms with Crippen LogP contribution in [0.2, 0.25) is 0 Å². The lowest BCUT2D eigenvalue weighted by atomic mass is 10.2. The highest BCUT2D eigenvalue weighted by atomic mass is 16.3. The largest absolute Gasteiger partial charge is 0.394 e. The van der Waals surface area contributed by atoms with E-state index in [0.29, 0.717) is 0 Å². The monoisotopic (exact) mass is 124 g/mol. The van der Waals surface area contributed by atoms with Gasteiger partial charge in [0.25, 0.3) is 0 Å². The molecule has 0 spiro atoms. The maximum absolute atomic E-state index is 8.58. The van der Waals surface area contributed by atoms with Crippen molar-refractivity contribution >= 4 is 0 Å². The summed E-state index contributed by atoms with van der Waals surface area (Å²) in [6.45, 7) is 0.0179. The summed E-state index contributed by atoms with van der Waals surface area (Å²) in [4.78, 5) is 0. The van der Waals surface area contributed by atoms with Gasteiger partial charge in [-0.05, 0) is 0 Å². The average molecular weight is 124 g/mol. The van der Waals surface area contributed by atoms with Crippen molar-refractivity contribution in [2.75, 3.05) is 6.61 Å². The second kappa shape index (κ2) is 2.71. The Balaban J connectivity index is 2.65. The van der Waals surface area contributed by atoms with Gasteiger partial charge >= 0.3 is 0 Å². The molecule has 0 bridgehead atoms. The molecule has 0 saturated carbocycles. The van der Waals surface area contributed by atoms with Crippen molar-refractivity contribution in [1.82, 2.24) is 0 Å². The summed E-state index contributed by atoms with van der Waals surface area (Å²) in [6, 6.07) is 7.41. The van der Waals surface area contributed by atoms with E-state index in [1.54, 1.807) is 0 Å². The molecule has 0 aliphatic carbocycles. The van der Waals surface area contributed by atoms with Crippen LogP contribution in [0.25, 0.3) is 0 Å². The minimum Gasteiger partial charge on any atom is -0.394 e. The van der Waals surface area contributed by atoms with Gasteiger partial charge in [-0.15, -0.1) is 5.56 Å². The van der Waals surface area contributed by atoms with Crippen LogP contribution >= 0.6 is 0 Å². The first-order valence-corrected chi connectivity index (χ1v) is 2.92. The zero-order valence-electron chi connectivity index (χ0n) is 5.12. The smallest absolute Gasteiger partial charge is 0.0603 e. The molecule has 0 fully saturated rings. The standard InChI is InChI=1S/C7H10NO/c8-7(5-9)6-3-1-2-4-6/h1-4,7,9H,5,8H2/q-1. The fourth-order valence-electron chi connectivity index (χ4n) is 0.741. The molecule has 0 saturated heterocycles. The predicted molar refractivity (Wildman–Crippen MR) is 36.0 cm³/mol. The predicted octanol–water partition coefficient (Wildman–Crippen LogP) is 0.398. The van der Waals surface area contributed by atoms with Crippen LogP contribution in [0.15, 0.2) is 24.3 Å². The Bertz CT molecular complexity index is 157. The molecule has 2 heteroatoms. The quantitative estimate of drug-likeness (QED) is 0.560. The molecule has 50 valence electrons. The number of nitrogens with two attached hydrogens (primary N) is 1. The van der Waals surface area contributed by atoms with Gasteiger partial charge in [0.1, 0.15) is 0 Å². The van der Waals surface area contributed by atoms with Gasteiger partial charge in [-0.2, -0.15) is 12.1 Å². The van der Waals surface area contributed by atoms with Gasteiger partial charge in [0.15, 0.2) is 0 Å². The first-order chi connectivity index (χ1) is 4.34. The lowest BCUT2D eigenvalue weighted by Crippen LogP contribution is -2.13. The number of aliphatic hydroxyl groups is 1. The van der Waals surface area contributed by atoms with E-state index in [0.717, 1.165) is 5.56 Å². The SMILES string of the molecule is NC(CO)c1ccc[cH-]1. The molecule has 1 unspecified atom stereocenters. The van der Waals surface area contributed by atoms with Crippen LogP contribution in [0.5, 0.6) is 0 Å². The second-order valence-corrected chi connectivity index (χ2v) is 2.01. The van der Waals surface area contributed by atoms with Gasteiger partial charge in [0.05, 0.1) is 6.61 Å². The molecule has 0 amide bonds. The summed E-state index contributed by atoms with van der Waals surface area (Å²) in [5, 5.41) is 8.58. The maximum atomic E-state index is 8.58. The molecule has 1 atom stereocenters. The van der Waals surface area contributed by atoms with Crippen LogP contribution in [0.3, 0.4) is 0 Å². The first kappa shape index (κ1) is 6.39. The highest BCUT2D eigenvalue weighted by Gasteiger charge is 1.95. The van der Waals surface area contributed by atoms with Crippen molar-refractivity contribution in [3.8, 4) is 0 Å². The first-order valence-electron chi connectivity index (χ1n) is 2.92. The average Bonchev–Trinajstić information content (AvgIpc) is 2.37. The summed E-state index contributed by atoms with van der Waals surface area (Å²) in [7, 11) is 0. The van der Waals surface area contributed by atoms with Crippen molar-refractivity contribution in [3.63, 3.8) is 0 Å². The second-order valence-electron chi connectivity index (χ2n) is 2.01. The molecule has 1 rings (SSSR count). The van der Waals surface area contributed by atoms with Gasteiger partial charge in [0, 0.05) is 6.04 Å². The molecule has 0 aliphatic rings. The van der Waals surface area contributed by atoms with Crippen LogP contribution in [-0.4, -0.2) is 11.7 Å². The number of rotatable bonds is 2. The van der Waals surface area contributed by atoms with Crippen molar-refractivity contribution < 1.29 is 5.11 Å². The fourth-order valence-corrected chi connectivity index (χ4v) is 0.741. The molecule has 0 aromatic heterocycles. The van der Waals surface area contributed by atoms with E-state index in [1.165, 1.54) is 0 Å². The van der Waals surface area contributed by atoms with E-state index in [1.807, 2.05) is 24.3 Å². The van der Waals surface area contributed by atoms with E-state index in [-0.39, 0.29) is 12.6 Å². The molecule has 0 heterocycles. The van der Waals surface area contributed by atoms with E-state index in [9.17, 15) is 0 Å². The summed E-state index contributed by atoms with van der Waals surface area (Å²) < 4.78 is 0. The summed E-state index contributed by atoms with van der Waals surface area (Å²) in [5.74, 6) is 0. The van der Waals surface area contributed by atoms with Crippen LogP contribution in [-0.2, 0) is 0 Å². The van der Waals surface area contributed by atoms with Crippen molar-refractivity contribution in [2.45, 2.75) is 6.04 Å². The normalized spacial score (nSPS) is 13.6. The Kier molecular flexibility index (Phi) is 1.92. The van der Waals surface area contributed by atoms with Crippen LogP contribution in [0.4, 0.5) is 0 Å². The molecule has 1 aromatic carbocycles. The molecule has 0 radical (unpaired) electrons. The maximum Gasteiger partial charge on any atom is 0.0603 e. The van der Waals surface area contributed by atoms with Crippen LogP contribution in [0, 0.1) is 0 Å². The molecular formula is C7H10NO-. The van der Waals surface area contributed by atoms with E-state index >= 15 is 0 Å². The number of aliphatic hydroxyl groups excluding tert-OH is 1. The third-order valence-corrected chi connectivity index (χ3v) is 1.31. The van der Waals surface area contributed by atoms with Gasteiger partial charge in [-0.3, -0.25) is 0 Å². The van der Waals surface area contributed by atoms with Gasteiger partial charge in [-0.25, -0.2) is 12.1 Å². The molecular weight excluding hydrogens is 114 g/mol. The summed E-state index contributed by atoms with van der Waals surface area (Å²) in [5.41, 5.74) is 6.49. The minimum atomic E-state index is -0.208. The Morgan fingerprint density at radius 1 is 1.78 bits per heavy atom. The summed E-state index contributed by atoms with van der Waals surface area (Å²) >= 11 is 0.